The summed E-state index contributed by atoms with van der Waals surface area (Å²) in [6.07, 6.45) is 4.52. The number of hydrogen-bond donors (Lipinski definition) is 2. The molecule has 4 N–H and O–H groups in total. The average Bonchev–Trinajstić information content (AvgIpc) is 2.65. The zero-order valence-corrected chi connectivity index (χ0v) is 8.79. The fourth-order valence-corrected chi connectivity index (χ4v) is 2.09. The smallest absolute Gasteiger partial charge is 0.0999 e. The van der Waals surface area contributed by atoms with Crippen molar-refractivity contribution in [3.8, 4) is 0 Å². The summed E-state index contributed by atoms with van der Waals surface area (Å²) in [5, 5.41) is 4.58. The molecule has 2 unspecified atom stereocenters. The van der Waals surface area contributed by atoms with E-state index in [1.165, 1.54) is 0 Å². The maximum Gasteiger partial charge on any atom is 0.0999 e. The van der Waals surface area contributed by atoms with Gasteiger partial charge in [0, 0.05) is 14.1 Å². The van der Waals surface area contributed by atoms with Gasteiger partial charge in [0.2, 0.25) is 0 Å². The molecule has 0 aromatic heterocycles. The summed E-state index contributed by atoms with van der Waals surface area (Å²) in [4.78, 5) is 0. The van der Waals surface area contributed by atoms with Gasteiger partial charge in [-0.3, -0.25) is 0 Å². The van der Waals surface area contributed by atoms with Crippen molar-refractivity contribution in [3.63, 3.8) is 0 Å². The number of hydrazine groups is 1. The molecule has 1 rings (SSSR count). The van der Waals surface area contributed by atoms with Crippen molar-refractivity contribution in [1.29, 1.82) is 0 Å². The molecule has 0 amide bonds. The number of nitrogens with two attached hydrogens (primary N) is 2. The third-order valence-corrected chi connectivity index (χ3v) is 3.18. The van der Waals surface area contributed by atoms with Gasteiger partial charge in [0.05, 0.1) is 5.66 Å². The van der Waals surface area contributed by atoms with Gasteiger partial charge in [-0.15, -0.1) is 0 Å². The first kappa shape index (κ1) is 10.9. The van der Waals surface area contributed by atoms with Crippen molar-refractivity contribution in [3.05, 3.63) is 0 Å². The molecule has 0 saturated carbocycles. The molecule has 78 valence electrons. The van der Waals surface area contributed by atoms with Gasteiger partial charge >= 0.3 is 0 Å². The Morgan fingerprint density at radius 2 is 1.31 bits per heavy atom. The first-order valence-electron chi connectivity index (χ1n) is 5.07. The Morgan fingerprint density at radius 3 is 1.54 bits per heavy atom. The van der Waals surface area contributed by atoms with Crippen LogP contribution in [0.1, 0.15) is 25.7 Å². The third kappa shape index (κ3) is 2.02. The van der Waals surface area contributed by atoms with Crippen LogP contribution >= 0.6 is 0 Å². The molecule has 0 radical (unpaired) electrons. The quantitative estimate of drug-likeness (QED) is 0.571. The molecule has 0 aromatic rings. The van der Waals surface area contributed by atoms with Crippen LogP contribution < -0.4 is 11.5 Å². The zero-order valence-electron chi connectivity index (χ0n) is 8.79. The first-order chi connectivity index (χ1) is 6.19. The van der Waals surface area contributed by atoms with Crippen molar-refractivity contribution in [2.24, 2.45) is 11.5 Å². The minimum Gasteiger partial charge on any atom is -0.330 e. The molecule has 1 fully saturated rings. The summed E-state index contributed by atoms with van der Waals surface area (Å²) >= 11 is 0. The van der Waals surface area contributed by atoms with E-state index in [0.717, 1.165) is 38.8 Å². The molecule has 0 bridgehead atoms. The van der Waals surface area contributed by atoms with E-state index in [9.17, 15) is 0 Å². The van der Waals surface area contributed by atoms with Crippen molar-refractivity contribution >= 4 is 0 Å². The van der Waals surface area contributed by atoms with E-state index < -0.39 is 0 Å². The number of rotatable bonds is 6. The fourth-order valence-electron chi connectivity index (χ4n) is 2.09. The minimum absolute atomic E-state index is 0.277. The third-order valence-electron chi connectivity index (χ3n) is 3.18. The van der Waals surface area contributed by atoms with Crippen LogP contribution in [-0.2, 0) is 0 Å². The van der Waals surface area contributed by atoms with Gasteiger partial charge in [-0.25, -0.2) is 10.0 Å². The highest BCUT2D eigenvalue weighted by Crippen LogP contribution is 2.43. The van der Waals surface area contributed by atoms with Gasteiger partial charge in [-0.2, -0.15) is 0 Å². The second-order valence-electron chi connectivity index (χ2n) is 3.81. The molecule has 0 aliphatic carbocycles. The molecule has 4 heteroatoms. The highest BCUT2D eigenvalue weighted by molar-refractivity contribution is 4.97. The van der Waals surface area contributed by atoms with Gasteiger partial charge in [0.15, 0.2) is 0 Å². The highest BCUT2D eigenvalue weighted by Gasteiger charge is 2.54. The largest absolute Gasteiger partial charge is 0.330 e. The highest BCUT2D eigenvalue weighted by atomic mass is 15.9. The van der Waals surface area contributed by atoms with Gasteiger partial charge in [0.25, 0.3) is 0 Å². The number of nitrogens with zero attached hydrogens (tertiary/aromatic N) is 2. The van der Waals surface area contributed by atoms with Crippen molar-refractivity contribution in [1.82, 2.24) is 10.0 Å². The van der Waals surface area contributed by atoms with Crippen LogP contribution in [0.2, 0.25) is 0 Å². The molecule has 13 heavy (non-hydrogen) atoms. The summed E-state index contributed by atoms with van der Waals surface area (Å²) in [5.41, 5.74) is 11.3. The second kappa shape index (κ2) is 4.37. The summed E-state index contributed by atoms with van der Waals surface area (Å²) < 4.78 is 0. The lowest BCUT2D eigenvalue weighted by Crippen LogP contribution is -2.21. The van der Waals surface area contributed by atoms with Crippen molar-refractivity contribution in [2.75, 3.05) is 27.2 Å². The van der Waals surface area contributed by atoms with E-state index >= 15 is 0 Å². The van der Waals surface area contributed by atoms with Gasteiger partial charge < -0.3 is 11.5 Å². The van der Waals surface area contributed by atoms with E-state index in [2.05, 4.69) is 24.1 Å². The standard InChI is InChI=1S/C9H22N4/c1-12-9(13(12)2,5-3-7-10)6-4-8-11/h3-8,10-11H2,1-2H3. The van der Waals surface area contributed by atoms with E-state index in [-0.39, 0.29) is 5.66 Å². The van der Waals surface area contributed by atoms with Crippen LogP contribution in [0.15, 0.2) is 0 Å². The predicted molar refractivity (Wildman–Crippen MR) is 54.8 cm³/mol. The van der Waals surface area contributed by atoms with Crippen LogP contribution in [0.3, 0.4) is 0 Å². The topological polar surface area (TPSA) is 58.1 Å². The van der Waals surface area contributed by atoms with E-state index in [0.29, 0.717) is 0 Å². The van der Waals surface area contributed by atoms with E-state index in [1.54, 1.807) is 0 Å². The lowest BCUT2D eigenvalue weighted by Gasteiger charge is -2.13. The summed E-state index contributed by atoms with van der Waals surface area (Å²) in [6, 6.07) is 0. The average molecular weight is 186 g/mol. The predicted octanol–water partition coefficient (Wildman–Crippen LogP) is -0.0473. The monoisotopic (exact) mass is 186 g/mol. The maximum atomic E-state index is 5.52. The van der Waals surface area contributed by atoms with Crippen LogP contribution in [0.5, 0.6) is 0 Å². The fraction of sp³-hybridized carbons (Fsp3) is 1.00. The Bertz CT molecular complexity index is 142. The van der Waals surface area contributed by atoms with E-state index in [1.807, 2.05) is 0 Å². The van der Waals surface area contributed by atoms with Crippen LogP contribution in [0, 0.1) is 0 Å². The molecular weight excluding hydrogens is 164 g/mol. The molecule has 1 aliphatic heterocycles. The minimum atomic E-state index is 0.277. The second-order valence-corrected chi connectivity index (χ2v) is 3.81. The molecule has 0 aromatic carbocycles. The normalized spacial score (nSPS) is 30.5. The van der Waals surface area contributed by atoms with Gasteiger partial charge in [-0.1, -0.05) is 0 Å². The van der Waals surface area contributed by atoms with Crippen molar-refractivity contribution < 1.29 is 0 Å². The Morgan fingerprint density at radius 1 is 0.923 bits per heavy atom. The van der Waals surface area contributed by atoms with Crippen molar-refractivity contribution in [2.45, 2.75) is 31.3 Å². The molecular formula is C9H22N4. The SMILES string of the molecule is CN1N(C)C1(CCCN)CCCN. The van der Waals surface area contributed by atoms with Gasteiger partial charge in [-0.05, 0) is 38.8 Å². The van der Waals surface area contributed by atoms with Gasteiger partial charge in [0.1, 0.15) is 0 Å². The van der Waals surface area contributed by atoms with Crippen LogP contribution in [0.25, 0.3) is 0 Å². The Hall–Kier alpha value is -0.160. The summed E-state index contributed by atoms with van der Waals surface area (Å²) in [6.45, 7) is 1.57. The molecule has 2 atom stereocenters. The maximum absolute atomic E-state index is 5.52. The Balaban J connectivity index is 2.38. The summed E-state index contributed by atoms with van der Waals surface area (Å²) in [5.74, 6) is 0. The molecule has 4 nitrogen and oxygen atoms in total. The lowest BCUT2D eigenvalue weighted by molar-refractivity contribution is 0.390. The number of hydrogen-bond acceptors (Lipinski definition) is 4. The lowest BCUT2D eigenvalue weighted by atomic mass is 10.0. The molecule has 0 spiro atoms. The Kier molecular flexibility index (Phi) is 3.67. The zero-order chi connectivity index (χ0) is 9.90. The van der Waals surface area contributed by atoms with Crippen LogP contribution in [-0.4, -0.2) is 42.9 Å². The van der Waals surface area contributed by atoms with E-state index in [4.69, 9.17) is 11.5 Å². The Labute approximate surface area is 80.8 Å². The first-order valence-corrected chi connectivity index (χ1v) is 5.07. The molecule has 1 heterocycles. The molecule has 1 saturated heterocycles. The summed E-state index contributed by atoms with van der Waals surface area (Å²) in [7, 11) is 4.26. The molecule has 1 aliphatic rings. The van der Waals surface area contributed by atoms with Crippen LogP contribution in [0.4, 0.5) is 0 Å².